The molecule has 1 aliphatic carbocycles. The van der Waals surface area contributed by atoms with Crippen LogP contribution in [0.3, 0.4) is 0 Å². The molecule has 1 saturated heterocycles. The van der Waals surface area contributed by atoms with Crippen LogP contribution in [-0.4, -0.2) is 23.6 Å². The molecule has 16 heavy (non-hydrogen) atoms. The summed E-state index contributed by atoms with van der Waals surface area (Å²) in [6, 6.07) is 0.806. The molecule has 0 bridgehead atoms. The van der Waals surface area contributed by atoms with Crippen LogP contribution in [0.5, 0.6) is 0 Å². The van der Waals surface area contributed by atoms with Crippen LogP contribution in [0.2, 0.25) is 0 Å². The fourth-order valence-corrected chi connectivity index (χ4v) is 4.74. The highest BCUT2D eigenvalue weighted by Gasteiger charge is 2.27. The van der Waals surface area contributed by atoms with Crippen LogP contribution in [0, 0.1) is 5.92 Å². The first-order valence-corrected chi connectivity index (χ1v) is 8.30. The smallest absolute Gasteiger partial charge is 0.0201 e. The van der Waals surface area contributed by atoms with Crippen molar-refractivity contribution < 1.29 is 0 Å². The molecule has 94 valence electrons. The lowest BCUT2D eigenvalue weighted by molar-refractivity contribution is 0.295. The van der Waals surface area contributed by atoms with Crippen molar-refractivity contribution in [2.75, 3.05) is 12.3 Å². The van der Waals surface area contributed by atoms with Crippen LogP contribution < -0.4 is 5.32 Å². The summed E-state index contributed by atoms with van der Waals surface area (Å²) < 4.78 is 0. The Balaban J connectivity index is 1.80. The maximum Gasteiger partial charge on any atom is 0.0201 e. The van der Waals surface area contributed by atoms with Crippen molar-refractivity contribution in [3.8, 4) is 0 Å². The Morgan fingerprint density at radius 1 is 1.12 bits per heavy atom. The SMILES string of the molecule is CCNC(CC1CCCCC1)C1CCCS1. The Bertz CT molecular complexity index is 183. The van der Waals surface area contributed by atoms with Gasteiger partial charge in [0.1, 0.15) is 0 Å². The molecule has 0 aromatic heterocycles. The van der Waals surface area contributed by atoms with Crippen molar-refractivity contribution in [1.29, 1.82) is 0 Å². The van der Waals surface area contributed by atoms with Gasteiger partial charge in [-0.2, -0.15) is 11.8 Å². The van der Waals surface area contributed by atoms with Gasteiger partial charge in [-0.3, -0.25) is 0 Å². The predicted octanol–water partition coefficient (Wildman–Crippen LogP) is 3.83. The molecule has 1 saturated carbocycles. The summed E-state index contributed by atoms with van der Waals surface area (Å²) in [6.45, 7) is 3.40. The lowest BCUT2D eigenvalue weighted by Gasteiger charge is -2.30. The predicted molar refractivity (Wildman–Crippen MR) is 74.1 cm³/mol. The van der Waals surface area contributed by atoms with Crippen molar-refractivity contribution >= 4 is 11.8 Å². The summed E-state index contributed by atoms with van der Waals surface area (Å²) in [5, 5.41) is 4.67. The normalized spacial score (nSPS) is 29.4. The second kappa shape index (κ2) is 6.90. The first-order valence-electron chi connectivity index (χ1n) is 7.25. The lowest BCUT2D eigenvalue weighted by atomic mass is 9.84. The largest absolute Gasteiger partial charge is 0.313 e. The van der Waals surface area contributed by atoms with E-state index in [2.05, 4.69) is 24.0 Å². The minimum absolute atomic E-state index is 0.806. The summed E-state index contributed by atoms with van der Waals surface area (Å²) in [7, 11) is 0. The van der Waals surface area contributed by atoms with E-state index < -0.39 is 0 Å². The summed E-state index contributed by atoms with van der Waals surface area (Å²) >= 11 is 2.22. The molecule has 1 nitrogen and oxygen atoms in total. The molecule has 2 heteroatoms. The van der Waals surface area contributed by atoms with Gasteiger partial charge in [0.2, 0.25) is 0 Å². The van der Waals surface area contributed by atoms with Crippen molar-refractivity contribution in [3.63, 3.8) is 0 Å². The number of nitrogens with one attached hydrogen (secondary N) is 1. The Morgan fingerprint density at radius 3 is 2.56 bits per heavy atom. The maximum absolute atomic E-state index is 3.75. The number of hydrogen-bond donors (Lipinski definition) is 1. The molecule has 0 aromatic rings. The molecule has 1 aliphatic heterocycles. The van der Waals surface area contributed by atoms with Crippen LogP contribution in [0.1, 0.15) is 58.3 Å². The molecule has 1 heterocycles. The third kappa shape index (κ3) is 3.66. The van der Waals surface area contributed by atoms with E-state index in [0.717, 1.165) is 23.8 Å². The molecule has 2 unspecified atom stereocenters. The van der Waals surface area contributed by atoms with Gasteiger partial charge in [0.15, 0.2) is 0 Å². The van der Waals surface area contributed by atoms with E-state index in [-0.39, 0.29) is 0 Å². The average Bonchev–Trinajstić information content (AvgIpc) is 2.83. The zero-order chi connectivity index (χ0) is 11.2. The highest BCUT2D eigenvalue weighted by molar-refractivity contribution is 8.00. The van der Waals surface area contributed by atoms with E-state index in [1.807, 2.05) is 0 Å². The third-order valence-corrected chi connectivity index (χ3v) is 5.71. The van der Waals surface area contributed by atoms with Gasteiger partial charge in [-0.25, -0.2) is 0 Å². The Kier molecular flexibility index (Phi) is 5.51. The van der Waals surface area contributed by atoms with Crippen LogP contribution in [0.15, 0.2) is 0 Å². The Hall–Kier alpha value is 0.310. The topological polar surface area (TPSA) is 12.0 Å². The number of rotatable bonds is 5. The number of thioether (sulfide) groups is 1. The molecule has 2 aliphatic rings. The average molecular weight is 241 g/mol. The molecular weight excluding hydrogens is 214 g/mol. The number of hydrogen-bond acceptors (Lipinski definition) is 2. The van der Waals surface area contributed by atoms with E-state index in [4.69, 9.17) is 0 Å². The van der Waals surface area contributed by atoms with Crippen molar-refractivity contribution in [2.45, 2.75) is 69.6 Å². The zero-order valence-electron chi connectivity index (χ0n) is 10.7. The van der Waals surface area contributed by atoms with Crippen molar-refractivity contribution in [1.82, 2.24) is 5.32 Å². The minimum atomic E-state index is 0.806. The van der Waals surface area contributed by atoms with E-state index in [0.29, 0.717) is 0 Å². The first-order chi connectivity index (χ1) is 7.90. The zero-order valence-corrected chi connectivity index (χ0v) is 11.5. The first kappa shape index (κ1) is 12.8. The lowest BCUT2D eigenvalue weighted by Crippen LogP contribution is -2.39. The summed E-state index contributed by atoms with van der Waals surface area (Å²) in [4.78, 5) is 0. The molecule has 1 N–H and O–H groups in total. The summed E-state index contributed by atoms with van der Waals surface area (Å²) in [6.07, 6.45) is 11.8. The molecule has 2 rings (SSSR count). The van der Waals surface area contributed by atoms with Crippen molar-refractivity contribution in [3.05, 3.63) is 0 Å². The van der Waals surface area contributed by atoms with E-state index in [1.165, 1.54) is 57.1 Å². The molecule has 0 spiro atoms. The highest BCUT2D eigenvalue weighted by atomic mass is 32.2. The maximum atomic E-state index is 3.75. The van der Waals surface area contributed by atoms with E-state index in [1.54, 1.807) is 0 Å². The van der Waals surface area contributed by atoms with Crippen LogP contribution >= 0.6 is 11.8 Å². The molecule has 2 atom stereocenters. The van der Waals surface area contributed by atoms with Gasteiger partial charge in [-0.15, -0.1) is 0 Å². The van der Waals surface area contributed by atoms with Gasteiger partial charge in [0.25, 0.3) is 0 Å². The molecule has 0 radical (unpaired) electrons. The van der Waals surface area contributed by atoms with Gasteiger partial charge in [-0.05, 0) is 37.5 Å². The Labute approximate surface area is 105 Å². The quantitative estimate of drug-likeness (QED) is 0.785. The minimum Gasteiger partial charge on any atom is -0.313 e. The van der Waals surface area contributed by atoms with Crippen LogP contribution in [0.4, 0.5) is 0 Å². The second-order valence-electron chi connectivity index (χ2n) is 5.46. The van der Waals surface area contributed by atoms with Gasteiger partial charge in [0, 0.05) is 11.3 Å². The van der Waals surface area contributed by atoms with E-state index in [9.17, 15) is 0 Å². The van der Waals surface area contributed by atoms with Gasteiger partial charge in [0.05, 0.1) is 0 Å². The van der Waals surface area contributed by atoms with Gasteiger partial charge >= 0.3 is 0 Å². The third-order valence-electron chi connectivity index (χ3n) is 4.19. The van der Waals surface area contributed by atoms with Crippen LogP contribution in [0.25, 0.3) is 0 Å². The summed E-state index contributed by atoms with van der Waals surface area (Å²) in [5.74, 6) is 2.43. The molecular formula is C14H27NS. The highest BCUT2D eigenvalue weighted by Crippen LogP contribution is 2.34. The fourth-order valence-electron chi connectivity index (χ4n) is 3.33. The monoisotopic (exact) mass is 241 g/mol. The van der Waals surface area contributed by atoms with Gasteiger partial charge in [-0.1, -0.05) is 39.0 Å². The fraction of sp³-hybridized carbons (Fsp3) is 1.00. The molecule has 0 amide bonds. The van der Waals surface area contributed by atoms with Gasteiger partial charge < -0.3 is 5.32 Å². The van der Waals surface area contributed by atoms with E-state index >= 15 is 0 Å². The Morgan fingerprint density at radius 2 is 1.94 bits per heavy atom. The molecule has 0 aromatic carbocycles. The van der Waals surface area contributed by atoms with Crippen molar-refractivity contribution in [2.24, 2.45) is 5.92 Å². The molecule has 2 fully saturated rings. The standard InChI is InChI=1S/C14H27NS/c1-2-15-13(14-9-6-10-16-14)11-12-7-4-3-5-8-12/h12-15H,2-11H2,1H3. The van der Waals surface area contributed by atoms with Crippen LogP contribution in [-0.2, 0) is 0 Å². The second-order valence-corrected chi connectivity index (χ2v) is 6.80. The summed E-state index contributed by atoms with van der Waals surface area (Å²) in [5.41, 5.74) is 0.